The van der Waals surface area contributed by atoms with Crippen LogP contribution in [0.4, 0.5) is 10.3 Å². The van der Waals surface area contributed by atoms with E-state index in [1.807, 2.05) is 0 Å². The number of hydrogen-bond acceptors (Lipinski definition) is 2. The van der Waals surface area contributed by atoms with Gasteiger partial charge >= 0.3 is 0 Å². The van der Waals surface area contributed by atoms with E-state index in [9.17, 15) is 9.18 Å². The maximum Gasteiger partial charge on any atom is 0.223 e. The van der Waals surface area contributed by atoms with Crippen molar-refractivity contribution in [1.82, 2.24) is 9.97 Å². The number of carbonyl (C=O) groups excluding carboxylic acids is 1. The molecule has 0 saturated heterocycles. The summed E-state index contributed by atoms with van der Waals surface area (Å²) in [5.41, 5.74) is 1.18. The molecule has 0 bridgehead atoms. The summed E-state index contributed by atoms with van der Waals surface area (Å²) in [6.07, 6.45) is 0. The second-order valence-electron chi connectivity index (χ2n) is 2.93. The summed E-state index contributed by atoms with van der Waals surface area (Å²) in [7, 11) is 0. The summed E-state index contributed by atoms with van der Waals surface area (Å²) in [6.45, 7) is 1.38. The predicted molar refractivity (Wildman–Crippen MR) is 50.4 cm³/mol. The number of benzene rings is 1. The fraction of sp³-hybridized carbons (Fsp3) is 0.111. The summed E-state index contributed by atoms with van der Waals surface area (Å²) in [5, 5.41) is 2.49. The van der Waals surface area contributed by atoms with Gasteiger partial charge in [0.05, 0.1) is 11.0 Å². The zero-order chi connectivity index (χ0) is 10.1. The number of rotatable bonds is 1. The van der Waals surface area contributed by atoms with Gasteiger partial charge in [-0.3, -0.25) is 10.1 Å². The number of carbonyl (C=O) groups is 1. The molecule has 1 aromatic heterocycles. The van der Waals surface area contributed by atoms with Gasteiger partial charge in [-0.1, -0.05) is 0 Å². The lowest BCUT2D eigenvalue weighted by atomic mass is 10.3. The SMILES string of the molecule is CC(=O)Nc1nc2ccc(F)cc2[nH]1. The van der Waals surface area contributed by atoms with Gasteiger partial charge in [0.25, 0.3) is 0 Å². The first-order valence-corrected chi connectivity index (χ1v) is 4.08. The van der Waals surface area contributed by atoms with Gasteiger partial charge in [-0.15, -0.1) is 0 Å². The Bertz CT molecular complexity index is 492. The normalized spacial score (nSPS) is 10.4. The van der Waals surface area contributed by atoms with E-state index in [0.29, 0.717) is 17.0 Å². The Morgan fingerprint density at radius 3 is 3.07 bits per heavy atom. The topological polar surface area (TPSA) is 57.8 Å². The minimum absolute atomic E-state index is 0.218. The van der Waals surface area contributed by atoms with E-state index >= 15 is 0 Å². The Hall–Kier alpha value is -1.91. The quantitative estimate of drug-likeness (QED) is 0.723. The molecule has 0 aliphatic heterocycles. The van der Waals surface area contributed by atoms with Gasteiger partial charge in [0, 0.05) is 6.92 Å². The highest BCUT2D eigenvalue weighted by Gasteiger charge is 2.03. The van der Waals surface area contributed by atoms with Gasteiger partial charge in [0.15, 0.2) is 0 Å². The van der Waals surface area contributed by atoms with Crippen molar-refractivity contribution in [2.45, 2.75) is 6.92 Å². The molecule has 0 unspecified atom stereocenters. The fourth-order valence-electron chi connectivity index (χ4n) is 1.21. The minimum Gasteiger partial charge on any atom is -0.324 e. The fourth-order valence-corrected chi connectivity index (χ4v) is 1.21. The minimum atomic E-state index is -0.337. The van der Waals surface area contributed by atoms with Crippen molar-refractivity contribution >= 4 is 22.9 Å². The Morgan fingerprint density at radius 1 is 1.57 bits per heavy atom. The molecule has 0 fully saturated rings. The van der Waals surface area contributed by atoms with Crippen molar-refractivity contribution in [2.24, 2.45) is 0 Å². The number of nitrogens with zero attached hydrogens (tertiary/aromatic N) is 1. The maximum absolute atomic E-state index is 12.8. The van der Waals surface area contributed by atoms with Gasteiger partial charge in [0.1, 0.15) is 5.82 Å². The molecule has 0 aliphatic rings. The largest absolute Gasteiger partial charge is 0.324 e. The van der Waals surface area contributed by atoms with Crippen LogP contribution in [0.5, 0.6) is 0 Å². The number of aromatic amines is 1. The number of aromatic nitrogens is 2. The maximum atomic E-state index is 12.8. The van der Waals surface area contributed by atoms with Gasteiger partial charge in [0.2, 0.25) is 11.9 Å². The third kappa shape index (κ3) is 1.56. The number of halogens is 1. The molecular formula is C9H8FN3O. The van der Waals surface area contributed by atoms with Crippen molar-refractivity contribution in [3.8, 4) is 0 Å². The zero-order valence-corrected chi connectivity index (χ0v) is 7.47. The van der Waals surface area contributed by atoms with E-state index < -0.39 is 0 Å². The van der Waals surface area contributed by atoms with Crippen molar-refractivity contribution < 1.29 is 9.18 Å². The van der Waals surface area contributed by atoms with E-state index in [-0.39, 0.29) is 11.7 Å². The molecule has 72 valence electrons. The summed E-state index contributed by atoms with van der Waals surface area (Å²) in [5.74, 6) is -0.224. The van der Waals surface area contributed by atoms with Crippen LogP contribution >= 0.6 is 0 Å². The van der Waals surface area contributed by atoms with Crippen molar-refractivity contribution in [1.29, 1.82) is 0 Å². The van der Waals surface area contributed by atoms with Crippen LogP contribution in [0.15, 0.2) is 18.2 Å². The molecule has 1 heterocycles. The number of anilines is 1. The molecule has 0 saturated carbocycles. The average molecular weight is 193 g/mol. The first kappa shape index (κ1) is 8.68. The highest BCUT2D eigenvalue weighted by molar-refractivity contribution is 5.89. The number of imidazole rings is 1. The second-order valence-corrected chi connectivity index (χ2v) is 2.93. The Morgan fingerprint density at radius 2 is 2.36 bits per heavy atom. The third-order valence-electron chi connectivity index (χ3n) is 1.74. The molecule has 0 spiro atoms. The number of fused-ring (bicyclic) bond motifs is 1. The van der Waals surface area contributed by atoms with Crippen LogP contribution in [0.3, 0.4) is 0 Å². The first-order valence-electron chi connectivity index (χ1n) is 4.08. The van der Waals surface area contributed by atoms with Crippen molar-refractivity contribution in [3.63, 3.8) is 0 Å². The first-order chi connectivity index (χ1) is 6.65. The number of H-pyrrole nitrogens is 1. The molecule has 5 heteroatoms. The van der Waals surface area contributed by atoms with E-state index in [2.05, 4.69) is 15.3 Å². The van der Waals surface area contributed by atoms with Gasteiger partial charge in [-0.2, -0.15) is 0 Å². The Labute approximate surface area is 79.1 Å². The second kappa shape index (κ2) is 3.10. The molecule has 14 heavy (non-hydrogen) atoms. The summed E-state index contributed by atoms with van der Waals surface area (Å²) < 4.78 is 12.8. The number of nitrogens with one attached hydrogen (secondary N) is 2. The summed E-state index contributed by atoms with van der Waals surface area (Å²) >= 11 is 0. The lowest BCUT2D eigenvalue weighted by molar-refractivity contribution is -0.114. The standard InChI is InChI=1S/C9H8FN3O/c1-5(14)11-9-12-7-3-2-6(10)4-8(7)13-9/h2-4H,1H3,(H2,11,12,13,14). The molecule has 1 aromatic carbocycles. The molecule has 0 atom stereocenters. The van der Waals surface area contributed by atoms with Crippen LogP contribution in [0, 0.1) is 5.82 Å². The predicted octanol–water partition coefficient (Wildman–Crippen LogP) is 1.66. The molecule has 0 aliphatic carbocycles. The van der Waals surface area contributed by atoms with E-state index in [1.165, 1.54) is 19.1 Å². The Balaban J connectivity index is 2.46. The lowest BCUT2D eigenvalue weighted by Crippen LogP contribution is -2.06. The van der Waals surface area contributed by atoms with Crippen LogP contribution in [0.2, 0.25) is 0 Å². The third-order valence-corrected chi connectivity index (χ3v) is 1.74. The molecule has 2 rings (SSSR count). The number of hydrogen-bond donors (Lipinski definition) is 2. The molecule has 0 radical (unpaired) electrons. The molecular weight excluding hydrogens is 185 g/mol. The van der Waals surface area contributed by atoms with E-state index in [1.54, 1.807) is 6.07 Å². The van der Waals surface area contributed by atoms with Crippen LogP contribution in [-0.4, -0.2) is 15.9 Å². The van der Waals surface area contributed by atoms with Gasteiger partial charge < -0.3 is 4.98 Å². The molecule has 2 aromatic rings. The molecule has 1 amide bonds. The van der Waals surface area contributed by atoms with Crippen LogP contribution in [0.1, 0.15) is 6.92 Å². The van der Waals surface area contributed by atoms with Crippen LogP contribution in [0.25, 0.3) is 11.0 Å². The smallest absolute Gasteiger partial charge is 0.223 e. The van der Waals surface area contributed by atoms with Gasteiger partial charge in [-0.05, 0) is 18.2 Å². The highest BCUT2D eigenvalue weighted by atomic mass is 19.1. The molecule has 2 N–H and O–H groups in total. The molecule has 4 nitrogen and oxygen atoms in total. The van der Waals surface area contributed by atoms with Crippen molar-refractivity contribution in [3.05, 3.63) is 24.0 Å². The Kier molecular flexibility index (Phi) is 1.92. The number of amides is 1. The zero-order valence-electron chi connectivity index (χ0n) is 7.47. The van der Waals surface area contributed by atoms with E-state index in [0.717, 1.165) is 0 Å². The highest BCUT2D eigenvalue weighted by Crippen LogP contribution is 2.14. The van der Waals surface area contributed by atoms with E-state index in [4.69, 9.17) is 0 Å². The summed E-state index contributed by atoms with van der Waals surface area (Å²) in [6, 6.07) is 4.20. The van der Waals surface area contributed by atoms with Crippen LogP contribution in [-0.2, 0) is 4.79 Å². The average Bonchev–Trinajstić information content (AvgIpc) is 2.44. The summed E-state index contributed by atoms with van der Waals surface area (Å²) in [4.78, 5) is 17.5. The monoisotopic (exact) mass is 193 g/mol. The van der Waals surface area contributed by atoms with Crippen molar-refractivity contribution in [2.75, 3.05) is 5.32 Å². The lowest BCUT2D eigenvalue weighted by Gasteiger charge is -1.92. The van der Waals surface area contributed by atoms with Crippen LogP contribution < -0.4 is 5.32 Å². The van der Waals surface area contributed by atoms with Gasteiger partial charge in [-0.25, -0.2) is 9.37 Å².